The summed E-state index contributed by atoms with van der Waals surface area (Å²) in [6.07, 6.45) is 1.49. The van der Waals surface area contributed by atoms with Crippen LogP contribution in [0.2, 0.25) is 5.02 Å². The minimum atomic E-state index is -0.184. The van der Waals surface area contributed by atoms with Gasteiger partial charge < -0.3 is 0 Å². The molecule has 0 aliphatic carbocycles. The van der Waals surface area contributed by atoms with Gasteiger partial charge in [-0.25, -0.2) is 9.53 Å². The van der Waals surface area contributed by atoms with E-state index in [9.17, 15) is 4.79 Å². The first kappa shape index (κ1) is 9.69. The average molecular weight is 220 g/mol. The molecule has 0 unspecified atom stereocenters. The molecule has 15 heavy (non-hydrogen) atoms. The summed E-state index contributed by atoms with van der Waals surface area (Å²) >= 11 is 5.98. The maximum Gasteiger partial charge on any atom is 0.244 e. The van der Waals surface area contributed by atoms with Crippen molar-refractivity contribution in [2.45, 2.75) is 6.92 Å². The molecular weight excluding hydrogens is 214 g/mol. The third-order valence-electron chi connectivity index (χ3n) is 2.09. The molecule has 0 radical (unpaired) electrons. The second-order valence-electron chi connectivity index (χ2n) is 3.02. The molecule has 0 atom stereocenters. The van der Waals surface area contributed by atoms with E-state index in [-0.39, 0.29) is 5.91 Å². The predicted octanol–water partition coefficient (Wildman–Crippen LogP) is 2.90. The molecule has 0 amide bonds. The molecule has 0 saturated heterocycles. The number of hydrogen-bond donors (Lipinski definition) is 0. The fraction of sp³-hybridized carbons (Fsp3) is 0.100. The molecule has 0 spiro atoms. The van der Waals surface area contributed by atoms with Crippen molar-refractivity contribution in [3.05, 3.63) is 34.8 Å². The third kappa shape index (κ3) is 1.37. The molecule has 0 fully saturated rings. The lowest BCUT2D eigenvalue weighted by atomic mass is 10.2. The van der Waals surface area contributed by atoms with E-state index in [1.807, 2.05) is 0 Å². The Kier molecular flexibility index (Phi) is 2.18. The second kappa shape index (κ2) is 3.37. The average Bonchev–Trinajstić information content (AvgIpc) is 2.62. The summed E-state index contributed by atoms with van der Waals surface area (Å²) in [7, 11) is 0. The SMILES string of the molecule is [C-]#[N+]c1ccc2c(cnn2C(C)=O)c1Cl. The maximum absolute atomic E-state index is 11.2. The zero-order valence-electron chi connectivity index (χ0n) is 7.86. The van der Waals surface area contributed by atoms with Crippen molar-refractivity contribution in [1.82, 2.24) is 9.78 Å². The van der Waals surface area contributed by atoms with Crippen molar-refractivity contribution in [3.63, 3.8) is 0 Å². The molecule has 5 heteroatoms. The topological polar surface area (TPSA) is 39.2 Å². The predicted molar refractivity (Wildman–Crippen MR) is 57.3 cm³/mol. The Bertz CT molecular complexity index is 594. The molecule has 1 heterocycles. The number of halogens is 1. The highest BCUT2D eigenvalue weighted by atomic mass is 35.5. The number of fused-ring (bicyclic) bond motifs is 1. The lowest BCUT2D eigenvalue weighted by Crippen LogP contribution is -2.06. The molecule has 0 bridgehead atoms. The van der Waals surface area contributed by atoms with Gasteiger partial charge in [0.15, 0.2) is 0 Å². The number of hydrogen-bond acceptors (Lipinski definition) is 2. The Labute approximate surface area is 90.9 Å². The van der Waals surface area contributed by atoms with Crippen LogP contribution >= 0.6 is 11.6 Å². The quantitative estimate of drug-likeness (QED) is 0.639. The summed E-state index contributed by atoms with van der Waals surface area (Å²) in [5, 5.41) is 4.88. The van der Waals surface area contributed by atoms with E-state index in [1.165, 1.54) is 17.8 Å². The van der Waals surface area contributed by atoms with Crippen LogP contribution in [-0.4, -0.2) is 15.7 Å². The molecule has 1 aromatic heterocycles. The van der Waals surface area contributed by atoms with Gasteiger partial charge in [-0.1, -0.05) is 17.7 Å². The van der Waals surface area contributed by atoms with Crippen molar-refractivity contribution >= 4 is 34.1 Å². The molecule has 1 aromatic carbocycles. The van der Waals surface area contributed by atoms with E-state index in [1.54, 1.807) is 12.1 Å². The first-order chi connectivity index (χ1) is 7.15. The summed E-state index contributed by atoms with van der Waals surface area (Å²) < 4.78 is 1.26. The molecule has 0 aliphatic heterocycles. The molecular formula is C10H6ClN3O. The summed E-state index contributed by atoms with van der Waals surface area (Å²) in [6, 6.07) is 3.25. The fourth-order valence-electron chi connectivity index (χ4n) is 1.39. The standard InChI is InChI=1S/C10H6ClN3O/c1-6(15)14-9-4-3-8(12-2)10(11)7(9)5-13-14/h3-5H,1H3. The van der Waals surface area contributed by atoms with Gasteiger partial charge in [-0.3, -0.25) is 4.79 Å². The Hall–Kier alpha value is -1.86. The van der Waals surface area contributed by atoms with Gasteiger partial charge in [0.05, 0.1) is 23.3 Å². The highest BCUT2D eigenvalue weighted by Crippen LogP contribution is 2.32. The van der Waals surface area contributed by atoms with E-state index < -0.39 is 0 Å². The summed E-state index contributed by atoms with van der Waals surface area (Å²) in [5.41, 5.74) is 0.993. The van der Waals surface area contributed by atoms with Crippen LogP contribution in [0.25, 0.3) is 15.7 Å². The lowest BCUT2D eigenvalue weighted by molar-refractivity contribution is 0.0927. The van der Waals surface area contributed by atoms with Gasteiger partial charge in [0, 0.05) is 12.3 Å². The van der Waals surface area contributed by atoms with Crippen LogP contribution in [0, 0.1) is 6.57 Å². The van der Waals surface area contributed by atoms with E-state index >= 15 is 0 Å². The summed E-state index contributed by atoms with van der Waals surface area (Å²) in [5.74, 6) is -0.184. The van der Waals surface area contributed by atoms with Crippen LogP contribution in [0.5, 0.6) is 0 Å². The monoisotopic (exact) mass is 219 g/mol. The van der Waals surface area contributed by atoms with Crippen LogP contribution in [0.4, 0.5) is 5.69 Å². The van der Waals surface area contributed by atoms with E-state index in [0.29, 0.717) is 21.6 Å². The van der Waals surface area contributed by atoms with Gasteiger partial charge in [-0.05, 0) is 6.07 Å². The summed E-state index contributed by atoms with van der Waals surface area (Å²) in [4.78, 5) is 14.5. The molecule has 74 valence electrons. The summed E-state index contributed by atoms with van der Waals surface area (Å²) in [6.45, 7) is 8.32. The lowest BCUT2D eigenvalue weighted by Gasteiger charge is -1.99. The van der Waals surface area contributed by atoms with Crippen molar-refractivity contribution in [1.29, 1.82) is 0 Å². The van der Waals surface area contributed by atoms with Gasteiger partial charge in [-0.2, -0.15) is 5.10 Å². The van der Waals surface area contributed by atoms with Gasteiger partial charge in [0.2, 0.25) is 11.6 Å². The van der Waals surface area contributed by atoms with E-state index in [4.69, 9.17) is 18.2 Å². The first-order valence-electron chi connectivity index (χ1n) is 4.20. The zero-order chi connectivity index (χ0) is 11.0. The van der Waals surface area contributed by atoms with Gasteiger partial charge in [-0.15, -0.1) is 0 Å². The van der Waals surface area contributed by atoms with Crippen molar-refractivity contribution < 1.29 is 4.79 Å². The van der Waals surface area contributed by atoms with Crippen LogP contribution in [0.15, 0.2) is 18.3 Å². The van der Waals surface area contributed by atoms with E-state index in [2.05, 4.69) is 9.94 Å². The Morgan fingerprint density at radius 1 is 1.60 bits per heavy atom. The largest absolute Gasteiger partial charge is 0.273 e. The molecule has 4 nitrogen and oxygen atoms in total. The van der Waals surface area contributed by atoms with Crippen LogP contribution in [-0.2, 0) is 0 Å². The smallest absolute Gasteiger partial charge is 0.244 e. The number of benzene rings is 1. The van der Waals surface area contributed by atoms with Gasteiger partial charge in [0.25, 0.3) is 0 Å². The number of carbonyl (C=O) groups is 1. The van der Waals surface area contributed by atoms with Gasteiger partial charge >= 0.3 is 0 Å². The zero-order valence-corrected chi connectivity index (χ0v) is 8.62. The normalized spacial score (nSPS) is 10.2. The van der Waals surface area contributed by atoms with Crippen molar-refractivity contribution in [2.24, 2.45) is 0 Å². The van der Waals surface area contributed by atoms with E-state index in [0.717, 1.165) is 0 Å². The fourth-order valence-corrected chi connectivity index (χ4v) is 1.64. The number of carbonyl (C=O) groups excluding carboxylic acids is 1. The second-order valence-corrected chi connectivity index (χ2v) is 3.40. The highest BCUT2D eigenvalue weighted by Gasteiger charge is 2.11. The first-order valence-corrected chi connectivity index (χ1v) is 4.57. The number of rotatable bonds is 0. The minimum Gasteiger partial charge on any atom is -0.273 e. The third-order valence-corrected chi connectivity index (χ3v) is 2.48. The molecule has 0 N–H and O–H groups in total. The van der Waals surface area contributed by atoms with Crippen molar-refractivity contribution in [2.75, 3.05) is 0 Å². The maximum atomic E-state index is 11.2. The van der Waals surface area contributed by atoms with Crippen LogP contribution < -0.4 is 0 Å². The Morgan fingerprint density at radius 3 is 2.93 bits per heavy atom. The minimum absolute atomic E-state index is 0.184. The van der Waals surface area contributed by atoms with Crippen LogP contribution in [0.1, 0.15) is 11.7 Å². The molecule has 2 rings (SSSR count). The number of nitrogens with zero attached hydrogens (tertiary/aromatic N) is 3. The van der Waals surface area contributed by atoms with Crippen LogP contribution in [0.3, 0.4) is 0 Å². The molecule has 0 aliphatic rings. The van der Waals surface area contributed by atoms with Crippen molar-refractivity contribution in [3.8, 4) is 0 Å². The molecule has 0 saturated carbocycles. The Balaban J connectivity index is 2.83. The number of aromatic nitrogens is 2. The highest BCUT2D eigenvalue weighted by molar-refractivity contribution is 6.38. The van der Waals surface area contributed by atoms with Gasteiger partial charge in [0.1, 0.15) is 0 Å². The Morgan fingerprint density at radius 2 is 2.33 bits per heavy atom. The molecule has 2 aromatic rings.